The van der Waals surface area contributed by atoms with E-state index >= 15 is 0 Å². The SMILES string of the molecule is C[C@@H]1S[C@@H](C(=O)O)Cc2cc3c(cc2C1=O)OCCO3. The van der Waals surface area contributed by atoms with Crippen LogP contribution in [0.3, 0.4) is 0 Å². The summed E-state index contributed by atoms with van der Waals surface area (Å²) in [6, 6.07) is 3.43. The molecule has 0 saturated heterocycles. The number of carbonyl (C=O) groups excluding carboxylic acids is 1. The molecule has 0 amide bonds. The molecule has 0 spiro atoms. The highest BCUT2D eigenvalue weighted by molar-refractivity contribution is 8.01. The molecular weight excluding hydrogens is 280 g/mol. The monoisotopic (exact) mass is 294 g/mol. The average Bonchev–Trinajstić information content (AvgIpc) is 2.55. The molecule has 0 fully saturated rings. The van der Waals surface area contributed by atoms with Crippen LogP contribution < -0.4 is 9.47 Å². The van der Waals surface area contributed by atoms with E-state index in [-0.39, 0.29) is 11.0 Å². The second-order valence-electron chi connectivity index (χ2n) is 4.83. The van der Waals surface area contributed by atoms with Crippen LogP contribution in [0.4, 0.5) is 0 Å². The molecule has 1 aromatic carbocycles. The number of carboxylic acids is 1. The molecule has 106 valence electrons. The van der Waals surface area contributed by atoms with Gasteiger partial charge in [0.05, 0.1) is 5.25 Å². The number of hydrogen-bond donors (Lipinski definition) is 1. The van der Waals surface area contributed by atoms with Gasteiger partial charge in [-0.2, -0.15) is 0 Å². The molecule has 0 radical (unpaired) electrons. The number of Topliss-reactive ketones (excluding diaryl/α,β-unsaturated/α-hetero) is 1. The molecule has 20 heavy (non-hydrogen) atoms. The van der Waals surface area contributed by atoms with Gasteiger partial charge in [-0.25, -0.2) is 0 Å². The van der Waals surface area contributed by atoms with Gasteiger partial charge in [0, 0.05) is 5.56 Å². The third kappa shape index (κ3) is 2.24. The maximum atomic E-state index is 12.4. The summed E-state index contributed by atoms with van der Waals surface area (Å²) < 4.78 is 11.0. The van der Waals surface area contributed by atoms with Crippen molar-refractivity contribution in [3.63, 3.8) is 0 Å². The number of fused-ring (bicyclic) bond motifs is 2. The summed E-state index contributed by atoms with van der Waals surface area (Å²) in [4.78, 5) is 23.7. The van der Waals surface area contributed by atoms with Crippen LogP contribution in [0.5, 0.6) is 11.5 Å². The number of rotatable bonds is 1. The first kappa shape index (κ1) is 13.3. The number of thioether (sulfide) groups is 1. The average molecular weight is 294 g/mol. The van der Waals surface area contributed by atoms with Gasteiger partial charge in [0.2, 0.25) is 0 Å². The van der Waals surface area contributed by atoms with Crippen molar-refractivity contribution in [3.05, 3.63) is 23.3 Å². The molecule has 2 aliphatic heterocycles. The molecule has 0 bridgehead atoms. The largest absolute Gasteiger partial charge is 0.486 e. The maximum Gasteiger partial charge on any atom is 0.316 e. The molecule has 0 aliphatic carbocycles. The summed E-state index contributed by atoms with van der Waals surface area (Å²) in [7, 11) is 0. The van der Waals surface area contributed by atoms with Crippen molar-refractivity contribution in [1.29, 1.82) is 0 Å². The van der Waals surface area contributed by atoms with Gasteiger partial charge >= 0.3 is 5.97 Å². The van der Waals surface area contributed by atoms with Crippen LogP contribution in [0.1, 0.15) is 22.8 Å². The van der Waals surface area contributed by atoms with Crippen molar-refractivity contribution in [2.75, 3.05) is 13.2 Å². The van der Waals surface area contributed by atoms with Gasteiger partial charge in [-0.1, -0.05) is 0 Å². The van der Waals surface area contributed by atoms with Crippen molar-refractivity contribution in [2.24, 2.45) is 0 Å². The lowest BCUT2D eigenvalue weighted by Crippen LogP contribution is -2.21. The minimum Gasteiger partial charge on any atom is -0.486 e. The Bertz CT molecular complexity index is 583. The topological polar surface area (TPSA) is 72.8 Å². The van der Waals surface area contributed by atoms with E-state index < -0.39 is 11.2 Å². The molecular formula is C14H14O5S. The smallest absolute Gasteiger partial charge is 0.316 e. The Hall–Kier alpha value is -1.69. The van der Waals surface area contributed by atoms with E-state index in [0.29, 0.717) is 36.7 Å². The predicted octanol–water partition coefficient (Wildman–Crippen LogP) is 1.77. The van der Waals surface area contributed by atoms with Gasteiger partial charge in [0.1, 0.15) is 18.5 Å². The molecule has 2 heterocycles. The summed E-state index contributed by atoms with van der Waals surface area (Å²) in [5.41, 5.74) is 1.28. The van der Waals surface area contributed by atoms with Gasteiger partial charge in [-0.15, -0.1) is 11.8 Å². The molecule has 2 aliphatic rings. The minimum absolute atomic E-state index is 0.0503. The van der Waals surface area contributed by atoms with Crippen LogP contribution in [0.15, 0.2) is 12.1 Å². The first-order chi connectivity index (χ1) is 9.56. The summed E-state index contributed by atoms with van der Waals surface area (Å²) in [5, 5.41) is 8.25. The fourth-order valence-corrected chi connectivity index (χ4v) is 3.59. The van der Waals surface area contributed by atoms with E-state index in [2.05, 4.69) is 0 Å². The number of carbonyl (C=O) groups is 2. The quantitative estimate of drug-likeness (QED) is 0.851. The molecule has 3 rings (SSSR count). The lowest BCUT2D eigenvalue weighted by molar-refractivity contribution is -0.136. The Morgan fingerprint density at radius 3 is 2.60 bits per heavy atom. The molecule has 0 unspecified atom stereocenters. The number of benzene rings is 1. The Labute approximate surface area is 120 Å². The highest BCUT2D eigenvalue weighted by Crippen LogP contribution is 2.38. The van der Waals surface area contributed by atoms with Crippen LogP contribution in [-0.4, -0.2) is 40.6 Å². The highest BCUT2D eigenvalue weighted by atomic mass is 32.2. The lowest BCUT2D eigenvalue weighted by Gasteiger charge is -2.20. The second kappa shape index (κ2) is 5.01. The number of ketones is 1. The molecule has 1 N–H and O–H groups in total. The van der Waals surface area contributed by atoms with Crippen LogP contribution in [0, 0.1) is 0 Å². The molecule has 6 heteroatoms. The van der Waals surface area contributed by atoms with Gasteiger partial charge in [-0.3, -0.25) is 9.59 Å². The van der Waals surface area contributed by atoms with E-state index in [1.807, 2.05) is 0 Å². The minimum atomic E-state index is -0.891. The van der Waals surface area contributed by atoms with Crippen molar-refractivity contribution in [3.8, 4) is 11.5 Å². The summed E-state index contributed by atoms with van der Waals surface area (Å²) in [6.45, 7) is 2.67. The number of ether oxygens (including phenoxy) is 2. The Morgan fingerprint density at radius 2 is 1.95 bits per heavy atom. The molecule has 2 atom stereocenters. The molecule has 5 nitrogen and oxygen atoms in total. The van der Waals surface area contributed by atoms with Crippen molar-refractivity contribution in [2.45, 2.75) is 23.8 Å². The predicted molar refractivity (Wildman–Crippen MR) is 73.9 cm³/mol. The number of carboxylic acid groups (broad SMARTS) is 1. The van der Waals surface area contributed by atoms with Gasteiger partial charge in [0.25, 0.3) is 0 Å². The van der Waals surface area contributed by atoms with Crippen LogP contribution >= 0.6 is 11.8 Å². The van der Waals surface area contributed by atoms with Crippen molar-refractivity contribution < 1.29 is 24.2 Å². The Kier molecular flexibility index (Phi) is 3.33. The Balaban J connectivity index is 2.08. The third-order valence-electron chi connectivity index (χ3n) is 3.45. The number of aliphatic carboxylic acids is 1. The molecule has 0 saturated carbocycles. The van der Waals surface area contributed by atoms with Crippen LogP contribution in [-0.2, 0) is 11.2 Å². The van der Waals surface area contributed by atoms with Gasteiger partial charge in [0.15, 0.2) is 17.3 Å². The van der Waals surface area contributed by atoms with Crippen molar-refractivity contribution >= 4 is 23.5 Å². The zero-order valence-electron chi connectivity index (χ0n) is 10.9. The number of hydrogen-bond acceptors (Lipinski definition) is 5. The summed E-state index contributed by atoms with van der Waals surface area (Å²) in [5.74, 6) is 0.212. The first-order valence-corrected chi connectivity index (χ1v) is 7.35. The summed E-state index contributed by atoms with van der Waals surface area (Å²) >= 11 is 1.19. The van der Waals surface area contributed by atoms with E-state index in [1.165, 1.54) is 11.8 Å². The zero-order valence-corrected chi connectivity index (χ0v) is 11.7. The fraction of sp³-hybridized carbons (Fsp3) is 0.429. The normalized spacial score (nSPS) is 24.8. The molecule has 1 aromatic rings. The van der Waals surface area contributed by atoms with Gasteiger partial charge in [-0.05, 0) is 31.0 Å². The molecule has 0 aromatic heterocycles. The van der Waals surface area contributed by atoms with Crippen LogP contribution in [0.25, 0.3) is 0 Å². The third-order valence-corrected chi connectivity index (χ3v) is 4.77. The highest BCUT2D eigenvalue weighted by Gasteiger charge is 2.33. The Morgan fingerprint density at radius 1 is 1.30 bits per heavy atom. The van der Waals surface area contributed by atoms with E-state index in [4.69, 9.17) is 9.47 Å². The standard InChI is InChI=1S/C14H14O5S/c1-7-13(15)9-6-11-10(18-2-3-19-11)4-8(9)5-12(20-7)14(16)17/h4,6-7,12H,2-3,5H2,1H3,(H,16,17)/t7-,12+/m0/s1. The van der Waals surface area contributed by atoms with Crippen molar-refractivity contribution in [1.82, 2.24) is 0 Å². The van der Waals surface area contributed by atoms with Gasteiger partial charge < -0.3 is 14.6 Å². The lowest BCUT2D eigenvalue weighted by atomic mass is 9.97. The maximum absolute atomic E-state index is 12.4. The van der Waals surface area contributed by atoms with E-state index in [9.17, 15) is 14.7 Å². The van der Waals surface area contributed by atoms with E-state index in [1.54, 1.807) is 19.1 Å². The summed E-state index contributed by atoms with van der Waals surface area (Å²) in [6.07, 6.45) is 0.321. The zero-order chi connectivity index (χ0) is 14.3. The van der Waals surface area contributed by atoms with Crippen LogP contribution in [0.2, 0.25) is 0 Å². The second-order valence-corrected chi connectivity index (χ2v) is 6.37. The first-order valence-electron chi connectivity index (χ1n) is 6.41. The van der Waals surface area contributed by atoms with E-state index in [0.717, 1.165) is 5.56 Å². The fourth-order valence-electron chi connectivity index (χ4n) is 2.45.